The molecule has 168 valence electrons. The zero-order chi connectivity index (χ0) is 23.1. The van der Waals surface area contributed by atoms with Gasteiger partial charge in [0.05, 0.1) is 6.10 Å². The minimum Gasteiger partial charge on any atom is -0.508 e. The highest BCUT2D eigenvalue weighted by molar-refractivity contribution is 5.45. The lowest BCUT2D eigenvalue weighted by molar-refractivity contribution is 0.224. The van der Waals surface area contributed by atoms with Crippen molar-refractivity contribution in [3.8, 4) is 5.75 Å². The van der Waals surface area contributed by atoms with Gasteiger partial charge in [-0.3, -0.25) is 0 Å². The molecule has 0 radical (unpaired) electrons. The quantitative estimate of drug-likeness (QED) is 0.372. The topological polar surface area (TPSA) is 69.9 Å². The molecule has 33 heavy (non-hydrogen) atoms. The fourth-order valence-corrected chi connectivity index (χ4v) is 4.69. The van der Waals surface area contributed by atoms with Crippen LogP contribution in [0.4, 0.5) is 5.69 Å². The van der Waals surface area contributed by atoms with Crippen LogP contribution in [-0.4, -0.2) is 16.3 Å². The third-order valence-corrected chi connectivity index (χ3v) is 6.62. The maximum Gasteiger partial charge on any atom is 0.115 e. The molecule has 0 amide bonds. The van der Waals surface area contributed by atoms with Gasteiger partial charge in [0, 0.05) is 5.41 Å². The molecule has 1 aliphatic rings. The number of aliphatic hydroxyl groups excluding tert-OH is 1. The number of nitroso groups, excluding NO2 is 1. The number of aryl methyl sites for hydroxylation is 2. The molecule has 1 aliphatic carbocycles. The smallest absolute Gasteiger partial charge is 0.115 e. The molecule has 0 saturated heterocycles. The van der Waals surface area contributed by atoms with Crippen LogP contribution in [0.1, 0.15) is 36.0 Å². The lowest BCUT2D eigenvalue weighted by Crippen LogP contribution is -2.31. The van der Waals surface area contributed by atoms with Crippen molar-refractivity contribution in [2.24, 2.45) is 5.18 Å². The Morgan fingerprint density at radius 1 is 0.848 bits per heavy atom. The van der Waals surface area contributed by atoms with E-state index in [2.05, 4.69) is 41.6 Å². The van der Waals surface area contributed by atoms with Crippen LogP contribution >= 0.6 is 0 Å². The van der Waals surface area contributed by atoms with Crippen molar-refractivity contribution in [1.82, 2.24) is 0 Å². The summed E-state index contributed by atoms with van der Waals surface area (Å²) in [6.07, 6.45) is 9.79. The highest BCUT2D eigenvalue weighted by Crippen LogP contribution is 2.43. The van der Waals surface area contributed by atoms with Crippen molar-refractivity contribution >= 4 is 5.69 Å². The van der Waals surface area contributed by atoms with Crippen LogP contribution < -0.4 is 0 Å². The van der Waals surface area contributed by atoms with Gasteiger partial charge in [-0.2, -0.15) is 0 Å². The van der Waals surface area contributed by atoms with Crippen LogP contribution in [0.2, 0.25) is 0 Å². The van der Waals surface area contributed by atoms with E-state index < -0.39 is 6.10 Å². The van der Waals surface area contributed by atoms with Gasteiger partial charge in [-0.15, -0.1) is 4.91 Å². The first-order valence-corrected chi connectivity index (χ1v) is 11.4. The Labute approximate surface area is 194 Å². The fourth-order valence-electron chi connectivity index (χ4n) is 4.69. The third kappa shape index (κ3) is 5.47. The van der Waals surface area contributed by atoms with E-state index in [9.17, 15) is 15.1 Å². The molecule has 0 spiro atoms. The maximum atomic E-state index is 10.8. The number of aliphatic hydroxyl groups is 1. The first-order valence-electron chi connectivity index (χ1n) is 11.4. The van der Waals surface area contributed by atoms with E-state index in [1.807, 2.05) is 36.4 Å². The van der Waals surface area contributed by atoms with Gasteiger partial charge in [-0.1, -0.05) is 72.8 Å². The van der Waals surface area contributed by atoms with Crippen molar-refractivity contribution in [3.05, 3.63) is 124 Å². The van der Waals surface area contributed by atoms with Gasteiger partial charge in [-0.05, 0) is 83.8 Å². The van der Waals surface area contributed by atoms with E-state index in [1.54, 1.807) is 24.3 Å². The zero-order valence-corrected chi connectivity index (χ0v) is 18.6. The van der Waals surface area contributed by atoms with Crippen LogP contribution in [0.15, 0.2) is 108 Å². The first-order chi connectivity index (χ1) is 16.1. The Hall–Kier alpha value is -3.50. The third-order valence-electron chi connectivity index (χ3n) is 6.62. The van der Waals surface area contributed by atoms with Gasteiger partial charge in [-0.25, -0.2) is 0 Å². The van der Waals surface area contributed by atoms with E-state index >= 15 is 0 Å². The van der Waals surface area contributed by atoms with Crippen molar-refractivity contribution in [3.63, 3.8) is 0 Å². The number of nitrogens with zero attached hydrogens (tertiary/aromatic N) is 1. The standard InChI is InChI=1S/C29H29NO3/c31-27-14-8-23(9-15-27)19-21-29(24-4-2-1-3-5-24,25-10-16-28(32)17-11-25)20-18-22-6-12-26(30-33)13-7-22/h1-16,28,31-32H,17-21H2. The summed E-state index contributed by atoms with van der Waals surface area (Å²) >= 11 is 0. The number of phenols is 1. The van der Waals surface area contributed by atoms with Crippen LogP contribution in [0.25, 0.3) is 0 Å². The van der Waals surface area contributed by atoms with Crippen LogP contribution in [0.5, 0.6) is 5.75 Å². The Kier molecular flexibility index (Phi) is 7.16. The molecule has 0 saturated carbocycles. The number of benzene rings is 3. The van der Waals surface area contributed by atoms with E-state index in [0.717, 1.165) is 31.2 Å². The molecule has 0 bridgehead atoms. The summed E-state index contributed by atoms with van der Waals surface area (Å²) in [4.78, 5) is 10.8. The summed E-state index contributed by atoms with van der Waals surface area (Å²) in [5.41, 5.74) is 5.01. The number of rotatable bonds is 9. The van der Waals surface area contributed by atoms with Gasteiger partial charge in [0.1, 0.15) is 11.4 Å². The maximum absolute atomic E-state index is 10.8. The molecule has 2 unspecified atom stereocenters. The normalized spacial score (nSPS) is 17.2. The second-order valence-corrected chi connectivity index (χ2v) is 8.69. The monoisotopic (exact) mass is 439 g/mol. The average molecular weight is 440 g/mol. The summed E-state index contributed by atoms with van der Waals surface area (Å²) in [6, 6.07) is 25.5. The molecule has 2 atom stereocenters. The van der Waals surface area contributed by atoms with Gasteiger partial charge in [0.2, 0.25) is 0 Å². The summed E-state index contributed by atoms with van der Waals surface area (Å²) in [5.74, 6) is 0.272. The molecule has 4 rings (SSSR count). The summed E-state index contributed by atoms with van der Waals surface area (Å²) in [7, 11) is 0. The number of allylic oxidation sites excluding steroid dienone is 2. The molecule has 4 nitrogen and oxygen atoms in total. The molecule has 0 heterocycles. The molecular formula is C29H29NO3. The number of phenolic OH excluding ortho intramolecular Hbond substituents is 1. The minimum atomic E-state index is -0.442. The van der Waals surface area contributed by atoms with Crippen molar-refractivity contribution in [2.75, 3.05) is 0 Å². The zero-order valence-electron chi connectivity index (χ0n) is 18.6. The number of aromatic hydroxyl groups is 1. The molecule has 2 N–H and O–H groups in total. The predicted molar refractivity (Wildman–Crippen MR) is 133 cm³/mol. The van der Waals surface area contributed by atoms with Crippen molar-refractivity contribution in [2.45, 2.75) is 43.6 Å². The highest BCUT2D eigenvalue weighted by Gasteiger charge is 2.35. The molecule has 3 aromatic rings. The molecule has 3 aromatic carbocycles. The van der Waals surface area contributed by atoms with E-state index in [0.29, 0.717) is 12.1 Å². The largest absolute Gasteiger partial charge is 0.508 e. The highest BCUT2D eigenvalue weighted by atomic mass is 16.3. The Morgan fingerprint density at radius 3 is 2.00 bits per heavy atom. The number of hydrogen-bond acceptors (Lipinski definition) is 4. The van der Waals surface area contributed by atoms with Crippen molar-refractivity contribution < 1.29 is 10.2 Å². The lowest BCUT2D eigenvalue weighted by Gasteiger charge is -2.38. The lowest BCUT2D eigenvalue weighted by atomic mass is 9.66. The van der Waals surface area contributed by atoms with Gasteiger partial charge in [0.15, 0.2) is 0 Å². The van der Waals surface area contributed by atoms with E-state index in [-0.39, 0.29) is 11.2 Å². The number of hydrogen-bond donors (Lipinski definition) is 2. The molecular weight excluding hydrogens is 410 g/mol. The van der Waals surface area contributed by atoms with Gasteiger partial charge < -0.3 is 10.2 Å². The minimum absolute atomic E-state index is 0.239. The Morgan fingerprint density at radius 2 is 1.45 bits per heavy atom. The van der Waals surface area contributed by atoms with Gasteiger partial charge >= 0.3 is 0 Å². The summed E-state index contributed by atoms with van der Waals surface area (Å²) in [5, 5.41) is 22.7. The average Bonchev–Trinajstić information content (AvgIpc) is 2.87. The molecule has 0 aromatic heterocycles. The van der Waals surface area contributed by atoms with Crippen molar-refractivity contribution in [1.29, 1.82) is 0 Å². The second-order valence-electron chi connectivity index (χ2n) is 8.69. The molecule has 0 aliphatic heterocycles. The Bertz CT molecular complexity index is 1120. The summed E-state index contributed by atoms with van der Waals surface area (Å²) < 4.78 is 0. The fraction of sp³-hybridized carbons (Fsp3) is 0.241. The van der Waals surface area contributed by atoms with E-state index in [1.165, 1.54) is 16.7 Å². The molecule has 0 fully saturated rings. The Balaban J connectivity index is 1.70. The first kappa shape index (κ1) is 22.7. The second kappa shape index (κ2) is 10.4. The van der Waals surface area contributed by atoms with Crippen LogP contribution in [0, 0.1) is 4.91 Å². The van der Waals surface area contributed by atoms with Crippen LogP contribution in [-0.2, 0) is 18.3 Å². The SMILES string of the molecule is O=Nc1ccc(CCC(CCc2ccc(O)cc2)(C2=CCC(O)C=C2)c2ccccc2)cc1. The molecule has 4 heteroatoms. The van der Waals surface area contributed by atoms with E-state index in [4.69, 9.17) is 0 Å². The van der Waals surface area contributed by atoms with Crippen LogP contribution in [0.3, 0.4) is 0 Å². The van der Waals surface area contributed by atoms with Gasteiger partial charge in [0.25, 0.3) is 0 Å². The predicted octanol–water partition coefficient (Wildman–Crippen LogP) is 6.54. The summed E-state index contributed by atoms with van der Waals surface area (Å²) in [6.45, 7) is 0.